The van der Waals surface area contributed by atoms with Crippen LogP contribution in [0.1, 0.15) is 4.88 Å². The van der Waals surface area contributed by atoms with Gasteiger partial charge in [-0.25, -0.2) is 4.39 Å². The van der Waals surface area contributed by atoms with Crippen molar-refractivity contribution in [2.45, 2.75) is 6.54 Å². The maximum atomic E-state index is 13.1. The van der Waals surface area contributed by atoms with Gasteiger partial charge in [0.25, 0.3) is 0 Å². The monoisotopic (exact) mass is 241 g/mol. The Balaban J connectivity index is 2.58. The van der Waals surface area contributed by atoms with Crippen molar-refractivity contribution in [2.24, 2.45) is 5.73 Å². The van der Waals surface area contributed by atoms with Gasteiger partial charge in [-0.15, -0.1) is 11.3 Å². The fourth-order valence-electron chi connectivity index (χ4n) is 1.44. The van der Waals surface area contributed by atoms with Crippen LogP contribution >= 0.6 is 22.9 Å². The first-order chi connectivity index (χ1) is 7.22. The molecule has 0 aliphatic carbocycles. The molecular formula is C11H9ClFNS. The van der Waals surface area contributed by atoms with Gasteiger partial charge in [0.15, 0.2) is 0 Å². The van der Waals surface area contributed by atoms with Gasteiger partial charge in [-0.1, -0.05) is 11.6 Å². The molecule has 0 saturated carbocycles. The van der Waals surface area contributed by atoms with E-state index in [4.69, 9.17) is 17.3 Å². The summed E-state index contributed by atoms with van der Waals surface area (Å²) < 4.78 is 13.1. The van der Waals surface area contributed by atoms with Crippen LogP contribution < -0.4 is 5.73 Å². The summed E-state index contributed by atoms with van der Waals surface area (Å²) in [5.74, 6) is -0.288. The second-order valence-electron chi connectivity index (χ2n) is 3.09. The molecule has 2 aromatic rings. The molecule has 0 atom stereocenters. The Kier molecular flexibility index (Phi) is 3.05. The standard InChI is InChI=1S/C11H9ClFNS/c12-10-2-1-7(13)5-9(10)8-3-4-15-11(8)6-14/h1-5H,6,14H2. The summed E-state index contributed by atoms with van der Waals surface area (Å²) in [5, 5.41) is 2.48. The molecule has 0 spiro atoms. The average molecular weight is 242 g/mol. The molecule has 1 aromatic carbocycles. The zero-order valence-corrected chi connectivity index (χ0v) is 9.41. The molecule has 0 aliphatic heterocycles. The summed E-state index contributed by atoms with van der Waals surface area (Å²) in [5.41, 5.74) is 7.22. The lowest BCUT2D eigenvalue weighted by molar-refractivity contribution is 0.628. The van der Waals surface area contributed by atoms with Gasteiger partial charge in [-0.05, 0) is 35.2 Å². The maximum Gasteiger partial charge on any atom is 0.123 e. The van der Waals surface area contributed by atoms with Gasteiger partial charge >= 0.3 is 0 Å². The fourth-order valence-corrected chi connectivity index (χ4v) is 2.43. The minimum atomic E-state index is -0.288. The predicted octanol–water partition coefficient (Wildman–Crippen LogP) is 3.67. The minimum absolute atomic E-state index is 0.288. The Morgan fingerprint density at radius 1 is 1.27 bits per heavy atom. The van der Waals surface area contributed by atoms with Gasteiger partial charge in [0.05, 0.1) is 0 Å². The van der Waals surface area contributed by atoms with E-state index in [1.807, 2.05) is 11.4 Å². The SMILES string of the molecule is NCc1sccc1-c1cc(F)ccc1Cl. The molecule has 0 aliphatic rings. The van der Waals surface area contributed by atoms with Crippen LogP contribution in [0.5, 0.6) is 0 Å². The first-order valence-electron chi connectivity index (χ1n) is 4.44. The molecule has 1 nitrogen and oxygen atoms in total. The minimum Gasteiger partial charge on any atom is -0.326 e. The van der Waals surface area contributed by atoms with E-state index in [0.717, 1.165) is 10.4 Å². The van der Waals surface area contributed by atoms with Gasteiger partial charge in [-0.3, -0.25) is 0 Å². The van der Waals surface area contributed by atoms with Crippen molar-refractivity contribution < 1.29 is 4.39 Å². The van der Waals surface area contributed by atoms with E-state index in [1.54, 1.807) is 17.4 Å². The average Bonchev–Trinajstić information content (AvgIpc) is 2.69. The summed E-state index contributed by atoms with van der Waals surface area (Å²) in [6, 6.07) is 6.25. The zero-order valence-electron chi connectivity index (χ0n) is 7.84. The third kappa shape index (κ3) is 2.04. The van der Waals surface area contributed by atoms with E-state index in [1.165, 1.54) is 12.1 Å². The molecule has 1 aromatic heterocycles. The first kappa shape index (κ1) is 10.6. The van der Waals surface area contributed by atoms with Gasteiger partial charge in [-0.2, -0.15) is 0 Å². The Hall–Kier alpha value is -0.900. The summed E-state index contributed by atoms with van der Waals surface area (Å²) in [4.78, 5) is 1.02. The highest BCUT2D eigenvalue weighted by Gasteiger charge is 2.09. The molecule has 2 N–H and O–H groups in total. The van der Waals surface area contributed by atoms with Crippen molar-refractivity contribution in [3.8, 4) is 11.1 Å². The van der Waals surface area contributed by atoms with Gasteiger partial charge < -0.3 is 5.73 Å². The van der Waals surface area contributed by atoms with Crippen LogP contribution in [0.4, 0.5) is 4.39 Å². The van der Waals surface area contributed by atoms with Gasteiger partial charge in [0, 0.05) is 22.0 Å². The molecule has 0 fully saturated rings. The second-order valence-corrected chi connectivity index (χ2v) is 4.49. The zero-order chi connectivity index (χ0) is 10.8. The quantitative estimate of drug-likeness (QED) is 0.853. The molecular weight excluding hydrogens is 233 g/mol. The van der Waals surface area contributed by atoms with Crippen molar-refractivity contribution in [1.29, 1.82) is 0 Å². The number of hydrogen-bond acceptors (Lipinski definition) is 2. The van der Waals surface area contributed by atoms with Gasteiger partial charge in [0.2, 0.25) is 0 Å². The molecule has 0 amide bonds. The van der Waals surface area contributed by atoms with Crippen LogP contribution in [-0.4, -0.2) is 0 Å². The lowest BCUT2D eigenvalue weighted by Crippen LogP contribution is -1.95. The summed E-state index contributed by atoms with van der Waals surface area (Å²) in [7, 11) is 0. The van der Waals surface area contributed by atoms with Crippen molar-refractivity contribution in [3.05, 3.63) is 45.4 Å². The molecule has 1 heterocycles. The largest absolute Gasteiger partial charge is 0.326 e. The topological polar surface area (TPSA) is 26.0 Å². The molecule has 4 heteroatoms. The number of thiophene rings is 1. The highest BCUT2D eigenvalue weighted by Crippen LogP contribution is 2.33. The van der Waals surface area contributed by atoms with E-state index in [9.17, 15) is 4.39 Å². The summed E-state index contributed by atoms with van der Waals surface area (Å²) in [6.45, 7) is 0.444. The van der Waals surface area contributed by atoms with E-state index in [0.29, 0.717) is 17.1 Å². The molecule has 0 radical (unpaired) electrons. The normalized spacial score (nSPS) is 10.6. The van der Waals surface area contributed by atoms with Crippen LogP contribution in [0.3, 0.4) is 0 Å². The smallest absolute Gasteiger partial charge is 0.123 e. The van der Waals surface area contributed by atoms with Crippen LogP contribution in [0.2, 0.25) is 5.02 Å². The van der Waals surface area contributed by atoms with Crippen molar-refractivity contribution in [2.75, 3.05) is 0 Å². The Labute approximate surface area is 96.3 Å². The molecule has 0 bridgehead atoms. The maximum absolute atomic E-state index is 13.1. The second kappa shape index (κ2) is 4.31. The first-order valence-corrected chi connectivity index (χ1v) is 5.70. The lowest BCUT2D eigenvalue weighted by Gasteiger charge is -2.04. The lowest BCUT2D eigenvalue weighted by atomic mass is 10.1. The van der Waals surface area contributed by atoms with Crippen LogP contribution in [0.15, 0.2) is 29.6 Å². The Bertz CT molecular complexity index is 481. The number of benzene rings is 1. The fraction of sp³-hybridized carbons (Fsp3) is 0.0909. The molecule has 0 saturated heterocycles. The van der Waals surface area contributed by atoms with E-state index < -0.39 is 0 Å². The van der Waals surface area contributed by atoms with Crippen LogP contribution in [0, 0.1) is 5.82 Å². The summed E-state index contributed by atoms with van der Waals surface area (Å²) >= 11 is 7.57. The highest BCUT2D eigenvalue weighted by atomic mass is 35.5. The van der Waals surface area contributed by atoms with Crippen LogP contribution in [0.25, 0.3) is 11.1 Å². The van der Waals surface area contributed by atoms with Crippen molar-refractivity contribution in [3.63, 3.8) is 0 Å². The number of rotatable bonds is 2. The van der Waals surface area contributed by atoms with E-state index >= 15 is 0 Å². The van der Waals surface area contributed by atoms with Crippen LogP contribution in [-0.2, 0) is 6.54 Å². The predicted molar refractivity (Wildman–Crippen MR) is 62.6 cm³/mol. The molecule has 78 valence electrons. The highest BCUT2D eigenvalue weighted by molar-refractivity contribution is 7.10. The number of halogens is 2. The number of nitrogens with two attached hydrogens (primary N) is 1. The van der Waals surface area contributed by atoms with E-state index in [2.05, 4.69) is 0 Å². The number of hydrogen-bond donors (Lipinski definition) is 1. The van der Waals surface area contributed by atoms with Crippen molar-refractivity contribution in [1.82, 2.24) is 0 Å². The van der Waals surface area contributed by atoms with Gasteiger partial charge in [0.1, 0.15) is 5.82 Å². The summed E-state index contributed by atoms with van der Waals surface area (Å²) in [6.07, 6.45) is 0. The third-order valence-electron chi connectivity index (χ3n) is 2.15. The molecule has 2 rings (SSSR count). The van der Waals surface area contributed by atoms with Crippen molar-refractivity contribution >= 4 is 22.9 Å². The third-order valence-corrected chi connectivity index (χ3v) is 3.42. The van der Waals surface area contributed by atoms with E-state index in [-0.39, 0.29) is 5.82 Å². The molecule has 15 heavy (non-hydrogen) atoms. The molecule has 0 unspecified atom stereocenters. The Morgan fingerprint density at radius 2 is 2.07 bits per heavy atom. The Morgan fingerprint density at radius 3 is 2.80 bits per heavy atom.